The lowest BCUT2D eigenvalue weighted by Crippen LogP contribution is -2.03. The van der Waals surface area contributed by atoms with E-state index in [9.17, 15) is 9.59 Å². The van der Waals surface area contributed by atoms with Crippen LogP contribution in [-0.4, -0.2) is 18.9 Å². The molecule has 4 heteroatoms. The number of hydrogen-bond donors (Lipinski definition) is 0. The molecule has 0 aromatic carbocycles. The number of halogens is 1. The van der Waals surface area contributed by atoms with Gasteiger partial charge in [-0.25, -0.2) is 0 Å². The summed E-state index contributed by atoms with van der Waals surface area (Å²) in [6.45, 7) is 1.46. The van der Waals surface area contributed by atoms with Crippen LogP contribution < -0.4 is 0 Å². The van der Waals surface area contributed by atoms with Crippen molar-refractivity contribution in [2.24, 2.45) is 0 Å². The third-order valence-electron chi connectivity index (χ3n) is 1.41. The fraction of sp³-hybridized carbons (Fsp3) is 0.500. The molecule has 0 radical (unpaired) electrons. The molecule has 0 amide bonds. The van der Waals surface area contributed by atoms with Crippen molar-refractivity contribution in [1.29, 1.82) is 0 Å². The molecule has 0 aliphatic heterocycles. The van der Waals surface area contributed by atoms with Gasteiger partial charge in [-0.05, 0) is 18.3 Å². The molecule has 0 bridgehead atoms. The average Bonchev–Trinajstić information content (AvgIpc) is 2.04. The van der Waals surface area contributed by atoms with Gasteiger partial charge in [0, 0.05) is 12.0 Å². The zero-order chi connectivity index (χ0) is 9.56. The highest BCUT2D eigenvalue weighted by atomic mass is 79.9. The van der Waals surface area contributed by atoms with Gasteiger partial charge in [0.1, 0.15) is 0 Å². The molecular weight excluding hydrogens is 224 g/mol. The molecule has 0 fully saturated rings. The van der Waals surface area contributed by atoms with E-state index < -0.39 is 0 Å². The lowest BCUT2D eigenvalue weighted by atomic mass is 10.1. The highest BCUT2D eigenvalue weighted by molar-refractivity contribution is 9.11. The van der Waals surface area contributed by atoms with E-state index in [2.05, 4.69) is 20.7 Å². The Morgan fingerprint density at radius 1 is 1.42 bits per heavy atom. The molecule has 0 spiro atoms. The molecule has 0 aliphatic carbocycles. The van der Waals surface area contributed by atoms with Crippen LogP contribution in [0.25, 0.3) is 0 Å². The Bertz CT molecular complexity index is 208. The second-order valence-electron chi connectivity index (χ2n) is 2.27. The number of carbonyl (C=O) groups excluding carboxylic acids is 2. The minimum Gasteiger partial charge on any atom is -0.469 e. The summed E-state index contributed by atoms with van der Waals surface area (Å²) >= 11 is 3.05. The van der Waals surface area contributed by atoms with Crippen LogP contribution in [0.1, 0.15) is 19.8 Å². The van der Waals surface area contributed by atoms with Crippen molar-refractivity contribution in [3.8, 4) is 0 Å². The van der Waals surface area contributed by atoms with Gasteiger partial charge < -0.3 is 4.74 Å². The monoisotopic (exact) mass is 234 g/mol. The number of rotatable bonds is 4. The van der Waals surface area contributed by atoms with Gasteiger partial charge in [-0.1, -0.05) is 15.9 Å². The SMILES string of the molecule is COC(=O)CC/C(=C\Br)C(C)=O. The van der Waals surface area contributed by atoms with Gasteiger partial charge in [-0.2, -0.15) is 0 Å². The fourth-order valence-corrected chi connectivity index (χ4v) is 1.20. The lowest BCUT2D eigenvalue weighted by molar-refractivity contribution is -0.140. The summed E-state index contributed by atoms with van der Waals surface area (Å²) < 4.78 is 4.43. The number of allylic oxidation sites excluding steroid dienone is 1. The molecule has 3 nitrogen and oxygen atoms in total. The second kappa shape index (κ2) is 5.94. The maximum atomic E-state index is 10.8. The zero-order valence-corrected chi connectivity index (χ0v) is 8.68. The van der Waals surface area contributed by atoms with Crippen LogP contribution in [0, 0.1) is 0 Å². The number of carbonyl (C=O) groups is 2. The van der Waals surface area contributed by atoms with E-state index in [1.165, 1.54) is 19.0 Å². The predicted molar refractivity (Wildman–Crippen MR) is 48.9 cm³/mol. The molecule has 12 heavy (non-hydrogen) atoms. The van der Waals surface area contributed by atoms with Crippen LogP contribution in [0.2, 0.25) is 0 Å². The number of ether oxygens (including phenoxy) is 1. The summed E-state index contributed by atoms with van der Waals surface area (Å²) in [6, 6.07) is 0. The quantitative estimate of drug-likeness (QED) is 0.551. The molecular formula is C8H11BrO3. The van der Waals surface area contributed by atoms with E-state index in [4.69, 9.17) is 0 Å². The molecule has 0 aromatic heterocycles. The molecule has 0 heterocycles. The minimum absolute atomic E-state index is 0.0317. The average molecular weight is 235 g/mol. The normalized spacial score (nSPS) is 11.1. The van der Waals surface area contributed by atoms with E-state index in [1.807, 2.05) is 0 Å². The molecule has 0 unspecified atom stereocenters. The number of ketones is 1. The largest absolute Gasteiger partial charge is 0.469 e. The Morgan fingerprint density at radius 3 is 2.33 bits per heavy atom. The Labute approximate surface area is 79.9 Å². The minimum atomic E-state index is -0.303. The van der Waals surface area contributed by atoms with Crippen LogP contribution in [0.3, 0.4) is 0 Å². The lowest BCUT2D eigenvalue weighted by Gasteiger charge is -2.00. The fourth-order valence-electron chi connectivity index (χ4n) is 0.646. The zero-order valence-electron chi connectivity index (χ0n) is 7.09. The third kappa shape index (κ3) is 4.28. The standard InChI is InChI=1S/C8H11BrO3/c1-6(10)7(5-9)3-4-8(11)12-2/h5H,3-4H2,1-2H3/b7-5+. The van der Waals surface area contributed by atoms with Crippen molar-refractivity contribution >= 4 is 27.7 Å². The Morgan fingerprint density at radius 2 is 2.00 bits per heavy atom. The maximum Gasteiger partial charge on any atom is 0.305 e. The van der Waals surface area contributed by atoms with Crippen molar-refractivity contribution in [3.63, 3.8) is 0 Å². The van der Waals surface area contributed by atoms with Crippen LogP contribution >= 0.6 is 15.9 Å². The van der Waals surface area contributed by atoms with Crippen LogP contribution in [0.15, 0.2) is 10.6 Å². The first-order chi connectivity index (χ1) is 5.61. The Hall–Kier alpha value is -0.640. The van der Waals surface area contributed by atoms with E-state index in [1.54, 1.807) is 0 Å². The molecule has 0 saturated carbocycles. The van der Waals surface area contributed by atoms with Crippen molar-refractivity contribution in [2.45, 2.75) is 19.8 Å². The van der Waals surface area contributed by atoms with E-state index >= 15 is 0 Å². The third-order valence-corrected chi connectivity index (χ3v) is 1.96. The number of methoxy groups -OCH3 is 1. The van der Waals surface area contributed by atoms with Crippen LogP contribution in [0.4, 0.5) is 0 Å². The molecule has 0 N–H and O–H groups in total. The smallest absolute Gasteiger partial charge is 0.305 e. The van der Waals surface area contributed by atoms with Crippen molar-refractivity contribution < 1.29 is 14.3 Å². The van der Waals surface area contributed by atoms with Crippen molar-refractivity contribution in [3.05, 3.63) is 10.6 Å². The summed E-state index contributed by atoms with van der Waals surface area (Å²) in [7, 11) is 1.33. The van der Waals surface area contributed by atoms with Gasteiger partial charge in [-0.15, -0.1) is 0 Å². The summed E-state index contributed by atoms with van der Waals surface area (Å²) in [5.41, 5.74) is 0.598. The highest BCUT2D eigenvalue weighted by Crippen LogP contribution is 2.09. The Balaban J connectivity index is 3.91. The van der Waals surface area contributed by atoms with Gasteiger partial charge >= 0.3 is 5.97 Å². The molecule has 0 rings (SSSR count). The molecule has 0 aliphatic rings. The van der Waals surface area contributed by atoms with E-state index in [0.717, 1.165) is 0 Å². The van der Waals surface area contributed by atoms with E-state index in [0.29, 0.717) is 12.0 Å². The number of hydrogen-bond acceptors (Lipinski definition) is 3. The summed E-state index contributed by atoms with van der Waals surface area (Å²) in [5, 5.41) is 0. The van der Waals surface area contributed by atoms with Gasteiger partial charge in [0.05, 0.1) is 7.11 Å². The van der Waals surface area contributed by atoms with Crippen molar-refractivity contribution in [2.75, 3.05) is 7.11 Å². The summed E-state index contributed by atoms with van der Waals surface area (Å²) in [6.07, 6.45) is 0.667. The first-order valence-corrected chi connectivity index (χ1v) is 4.40. The van der Waals surface area contributed by atoms with Crippen LogP contribution in [0.5, 0.6) is 0 Å². The highest BCUT2D eigenvalue weighted by Gasteiger charge is 2.06. The van der Waals surface area contributed by atoms with Gasteiger partial charge in [0.15, 0.2) is 5.78 Å². The molecule has 0 aromatic rings. The Kier molecular flexibility index (Phi) is 5.62. The maximum absolute atomic E-state index is 10.8. The predicted octanol–water partition coefficient (Wildman–Crippen LogP) is 1.81. The summed E-state index contributed by atoms with van der Waals surface area (Å²) in [5.74, 6) is -0.334. The van der Waals surface area contributed by atoms with Gasteiger partial charge in [0.25, 0.3) is 0 Å². The molecule has 0 saturated heterocycles. The molecule has 68 valence electrons. The first kappa shape index (κ1) is 11.4. The van der Waals surface area contributed by atoms with Crippen molar-refractivity contribution in [1.82, 2.24) is 0 Å². The number of Topliss-reactive ketones (excluding diaryl/α,β-unsaturated/α-hetero) is 1. The summed E-state index contributed by atoms with van der Waals surface area (Å²) in [4.78, 5) is 23.0. The molecule has 0 atom stereocenters. The number of esters is 1. The second-order valence-corrected chi connectivity index (χ2v) is 2.72. The van der Waals surface area contributed by atoms with Gasteiger partial charge in [0.2, 0.25) is 0 Å². The topological polar surface area (TPSA) is 43.4 Å². The van der Waals surface area contributed by atoms with Crippen LogP contribution in [-0.2, 0) is 14.3 Å². The first-order valence-electron chi connectivity index (χ1n) is 3.48. The van der Waals surface area contributed by atoms with E-state index in [-0.39, 0.29) is 18.2 Å². The van der Waals surface area contributed by atoms with Gasteiger partial charge in [-0.3, -0.25) is 9.59 Å².